The molecule has 0 aliphatic rings. The predicted octanol–water partition coefficient (Wildman–Crippen LogP) is 1.84. The number of hydrazine groups is 1. The SMILES string of the molecule is CCC(C)(CCO)Nc1cccc(NN)c1[N+](=O)[O-]. The van der Waals surface area contributed by atoms with Gasteiger partial charge < -0.3 is 15.8 Å². The Kier molecular flexibility index (Phi) is 5.08. The van der Waals surface area contributed by atoms with Crippen LogP contribution < -0.4 is 16.6 Å². The highest BCUT2D eigenvalue weighted by Gasteiger charge is 2.26. The van der Waals surface area contributed by atoms with Crippen molar-refractivity contribution in [1.82, 2.24) is 0 Å². The first-order chi connectivity index (χ1) is 8.97. The van der Waals surface area contributed by atoms with Crippen LogP contribution in [0.15, 0.2) is 18.2 Å². The number of rotatable bonds is 7. The second-order valence-electron chi connectivity index (χ2n) is 4.62. The first-order valence-electron chi connectivity index (χ1n) is 6.10. The summed E-state index contributed by atoms with van der Waals surface area (Å²) >= 11 is 0. The van der Waals surface area contributed by atoms with Gasteiger partial charge >= 0.3 is 5.69 Å². The molecule has 7 nitrogen and oxygen atoms in total. The van der Waals surface area contributed by atoms with E-state index in [2.05, 4.69) is 10.7 Å². The lowest BCUT2D eigenvalue weighted by molar-refractivity contribution is -0.383. The molecule has 0 amide bonds. The fraction of sp³-hybridized carbons (Fsp3) is 0.500. The van der Waals surface area contributed by atoms with Gasteiger partial charge in [-0.3, -0.25) is 16.0 Å². The zero-order valence-electron chi connectivity index (χ0n) is 11.1. The van der Waals surface area contributed by atoms with Gasteiger partial charge in [0.1, 0.15) is 11.4 Å². The molecule has 1 unspecified atom stereocenters. The zero-order valence-corrected chi connectivity index (χ0v) is 11.1. The quantitative estimate of drug-likeness (QED) is 0.341. The summed E-state index contributed by atoms with van der Waals surface area (Å²) in [4.78, 5) is 10.7. The van der Waals surface area contributed by atoms with Crippen molar-refractivity contribution in [2.45, 2.75) is 32.2 Å². The fourth-order valence-corrected chi connectivity index (χ4v) is 1.86. The average Bonchev–Trinajstić information content (AvgIpc) is 2.38. The Morgan fingerprint density at radius 3 is 2.58 bits per heavy atom. The molecule has 19 heavy (non-hydrogen) atoms. The summed E-state index contributed by atoms with van der Waals surface area (Å²) in [5, 5.41) is 23.4. The van der Waals surface area contributed by atoms with E-state index in [0.717, 1.165) is 6.42 Å². The largest absolute Gasteiger partial charge is 0.396 e. The van der Waals surface area contributed by atoms with Gasteiger partial charge in [-0.1, -0.05) is 13.0 Å². The van der Waals surface area contributed by atoms with Crippen LogP contribution in [0.1, 0.15) is 26.7 Å². The Balaban J connectivity index is 3.16. The Morgan fingerprint density at radius 1 is 1.47 bits per heavy atom. The summed E-state index contributed by atoms with van der Waals surface area (Å²) in [7, 11) is 0. The van der Waals surface area contributed by atoms with Crippen LogP contribution in [0.4, 0.5) is 17.1 Å². The molecule has 1 aromatic rings. The number of hydrogen-bond donors (Lipinski definition) is 4. The maximum Gasteiger partial charge on any atom is 0.316 e. The molecule has 0 saturated heterocycles. The molecule has 0 saturated carbocycles. The van der Waals surface area contributed by atoms with Crippen LogP contribution in [0.2, 0.25) is 0 Å². The number of nitro groups is 1. The number of benzene rings is 1. The molecule has 0 spiro atoms. The van der Waals surface area contributed by atoms with E-state index in [4.69, 9.17) is 10.9 Å². The van der Waals surface area contributed by atoms with Gasteiger partial charge in [-0.2, -0.15) is 0 Å². The van der Waals surface area contributed by atoms with Gasteiger partial charge in [0.2, 0.25) is 0 Å². The van der Waals surface area contributed by atoms with E-state index < -0.39 is 10.5 Å². The van der Waals surface area contributed by atoms with Crippen LogP contribution in [0.25, 0.3) is 0 Å². The Morgan fingerprint density at radius 2 is 2.11 bits per heavy atom. The van der Waals surface area contributed by atoms with Gasteiger partial charge in [-0.25, -0.2) is 0 Å². The minimum Gasteiger partial charge on any atom is -0.396 e. The van der Waals surface area contributed by atoms with E-state index in [1.807, 2.05) is 13.8 Å². The summed E-state index contributed by atoms with van der Waals surface area (Å²) in [6.45, 7) is 3.88. The van der Waals surface area contributed by atoms with E-state index in [-0.39, 0.29) is 18.0 Å². The molecular weight excluding hydrogens is 248 g/mol. The van der Waals surface area contributed by atoms with E-state index in [9.17, 15) is 10.1 Å². The van der Waals surface area contributed by atoms with Gasteiger partial charge in [0.25, 0.3) is 0 Å². The number of nitrogens with one attached hydrogen (secondary N) is 2. The first-order valence-corrected chi connectivity index (χ1v) is 6.10. The topological polar surface area (TPSA) is 113 Å². The minimum absolute atomic E-state index is 0.0139. The molecule has 0 radical (unpaired) electrons. The lowest BCUT2D eigenvalue weighted by Gasteiger charge is -2.30. The summed E-state index contributed by atoms with van der Waals surface area (Å²) in [5.41, 5.74) is 2.45. The number of nitrogens with zero attached hydrogens (tertiary/aromatic N) is 1. The van der Waals surface area contributed by atoms with Crippen LogP contribution in [-0.4, -0.2) is 22.2 Å². The number of hydrogen-bond acceptors (Lipinski definition) is 6. The number of nitrogens with two attached hydrogens (primary N) is 1. The van der Waals surface area contributed by atoms with Gasteiger partial charge in [-0.15, -0.1) is 0 Å². The molecule has 0 bridgehead atoms. The Hall–Kier alpha value is -1.86. The monoisotopic (exact) mass is 268 g/mol. The lowest BCUT2D eigenvalue weighted by Crippen LogP contribution is -2.35. The molecule has 106 valence electrons. The van der Waals surface area contributed by atoms with E-state index >= 15 is 0 Å². The second kappa shape index (κ2) is 6.35. The third-order valence-electron chi connectivity index (χ3n) is 3.25. The average molecular weight is 268 g/mol. The van der Waals surface area contributed by atoms with Crippen molar-refractivity contribution < 1.29 is 10.0 Å². The molecule has 1 rings (SSSR count). The standard InChI is InChI=1S/C12H20N4O3/c1-3-12(2,7-8-17)14-9-5-4-6-10(15-13)11(9)16(18)19/h4-6,14-15,17H,3,7-8,13H2,1-2H3. The van der Waals surface area contributed by atoms with Crippen molar-refractivity contribution in [2.24, 2.45) is 5.84 Å². The van der Waals surface area contributed by atoms with Crippen molar-refractivity contribution in [3.8, 4) is 0 Å². The fourth-order valence-electron chi connectivity index (χ4n) is 1.86. The third-order valence-corrected chi connectivity index (χ3v) is 3.25. The molecule has 0 aliphatic heterocycles. The highest BCUT2D eigenvalue weighted by atomic mass is 16.6. The molecule has 0 fully saturated rings. The van der Waals surface area contributed by atoms with Crippen LogP contribution in [-0.2, 0) is 0 Å². The second-order valence-corrected chi connectivity index (χ2v) is 4.62. The van der Waals surface area contributed by atoms with Crippen LogP contribution in [0.3, 0.4) is 0 Å². The molecule has 1 atom stereocenters. The van der Waals surface area contributed by atoms with Crippen molar-refractivity contribution in [3.63, 3.8) is 0 Å². The van der Waals surface area contributed by atoms with Gasteiger partial charge in [0.05, 0.1) is 4.92 Å². The highest BCUT2D eigenvalue weighted by molar-refractivity contribution is 5.76. The molecule has 0 heterocycles. The van der Waals surface area contributed by atoms with Gasteiger partial charge in [0.15, 0.2) is 0 Å². The molecule has 5 N–H and O–H groups in total. The van der Waals surface area contributed by atoms with Crippen LogP contribution in [0.5, 0.6) is 0 Å². The summed E-state index contributed by atoms with van der Waals surface area (Å²) in [6.07, 6.45) is 1.23. The normalized spacial score (nSPS) is 13.7. The molecule has 7 heteroatoms. The molecule has 0 aliphatic carbocycles. The number of para-hydroxylation sites is 1. The van der Waals surface area contributed by atoms with Crippen LogP contribution in [0, 0.1) is 10.1 Å². The van der Waals surface area contributed by atoms with Crippen molar-refractivity contribution in [1.29, 1.82) is 0 Å². The van der Waals surface area contributed by atoms with Crippen molar-refractivity contribution >= 4 is 17.1 Å². The first kappa shape index (κ1) is 15.2. The lowest BCUT2D eigenvalue weighted by atomic mass is 9.94. The van der Waals surface area contributed by atoms with Crippen LogP contribution >= 0.6 is 0 Å². The molecule has 1 aromatic carbocycles. The van der Waals surface area contributed by atoms with E-state index in [0.29, 0.717) is 12.1 Å². The van der Waals surface area contributed by atoms with Crippen molar-refractivity contribution in [2.75, 3.05) is 17.3 Å². The Bertz CT molecular complexity index is 453. The van der Waals surface area contributed by atoms with Gasteiger partial charge in [-0.05, 0) is 31.9 Å². The number of nitrogen functional groups attached to an aromatic ring is 1. The summed E-state index contributed by atoms with van der Waals surface area (Å²) in [5.74, 6) is 5.29. The maximum atomic E-state index is 11.2. The van der Waals surface area contributed by atoms with Crippen molar-refractivity contribution in [3.05, 3.63) is 28.3 Å². The molecule has 0 aromatic heterocycles. The third kappa shape index (κ3) is 3.55. The van der Waals surface area contributed by atoms with E-state index in [1.165, 1.54) is 0 Å². The molecular formula is C12H20N4O3. The van der Waals surface area contributed by atoms with E-state index in [1.54, 1.807) is 18.2 Å². The summed E-state index contributed by atoms with van der Waals surface area (Å²) in [6, 6.07) is 4.85. The predicted molar refractivity (Wildman–Crippen MR) is 74.9 cm³/mol. The van der Waals surface area contributed by atoms with Gasteiger partial charge in [0, 0.05) is 12.1 Å². The maximum absolute atomic E-state index is 11.2. The number of aliphatic hydroxyl groups is 1. The smallest absolute Gasteiger partial charge is 0.316 e. The highest BCUT2D eigenvalue weighted by Crippen LogP contribution is 2.35. The minimum atomic E-state index is -0.480. The Labute approximate surface area is 111 Å². The zero-order chi connectivity index (χ0) is 14.5. The number of nitro benzene ring substituents is 1. The summed E-state index contributed by atoms with van der Waals surface area (Å²) < 4.78 is 0. The number of anilines is 2. The number of aliphatic hydroxyl groups excluding tert-OH is 1.